The first-order valence-corrected chi connectivity index (χ1v) is 27.6. The smallest absolute Gasteiger partial charge is 0.460 e. The Bertz CT molecular complexity index is 2200. The van der Waals surface area contributed by atoms with Gasteiger partial charge in [-0.15, -0.1) is 0 Å². The first kappa shape index (κ1) is 64.6. The summed E-state index contributed by atoms with van der Waals surface area (Å²) in [4.78, 5) is 85.5. The second-order valence-corrected chi connectivity index (χ2v) is 22.5. The van der Waals surface area contributed by atoms with Crippen molar-refractivity contribution in [1.82, 2.24) is 4.90 Å². The van der Waals surface area contributed by atoms with Crippen LogP contribution in [-0.4, -0.2) is 184 Å². The van der Waals surface area contributed by atoms with Crippen molar-refractivity contribution in [2.24, 2.45) is 35.5 Å². The van der Waals surface area contributed by atoms with Crippen LogP contribution in [0, 0.1) is 35.5 Å². The fourth-order valence-corrected chi connectivity index (χ4v) is 11.4. The molecule has 5 aliphatic rings. The summed E-state index contributed by atoms with van der Waals surface area (Å²) < 4.78 is 44.9. The summed E-state index contributed by atoms with van der Waals surface area (Å²) in [6.07, 6.45) is 1.17. The maximum absolute atomic E-state index is 14.6. The maximum Gasteiger partial charge on any atom is 0.513 e. The van der Waals surface area contributed by atoms with Crippen LogP contribution in [0.1, 0.15) is 126 Å². The molecule has 0 radical (unpaired) electrons. The maximum atomic E-state index is 14.6. The van der Waals surface area contributed by atoms with Gasteiger partial charge in [-0.05, 0) is 107 Å². The van der Waals surface area contributed by atoms with E-state index in [0.717, 1.165) is 10.5 Å². The summed E-state index contributed by atoms with van der Waals surface area (Å²) in [5.74, 6) is -12.1. The molecular formula is C57H87NO20. The fourth-order valence-electron chi connectivity index (χ4n) is 11.4. The third-order valence-corrected chi connectivity index (χ3v) is 16.5. The van der Waals surface area contributed by atoms with E-state index in [2.05, 4.69) is 0 Å². The molecule has 1 amide bonds. The van der Waals surface area contributed by atoms with Crippen LogP contribution in [0.15, 0.2) is 47.6 Å². The zero-order valence-electron chi connectivity index (χ0n) is 47.0. The number of methoxy groups -OCH3 is 3. The summed E-state index contributed by atoms with van der Waals surface area (Å²) in [6.45, 7) is 11.7. The molecule has 4 aliphatic heterocycles. The molecule has 0 aromatic carbocycles. The highest BCUT2D eigenvalue weighted by Gasteiger charge is 2.55. The minimum absolute atomic E-state index is 0.0111. The Labute approximate surface area is 458 Å². The Kier molecular flexibility index (Phi) is 24.0. The van der Waals surface area contributed by atoms with E-state index in [0.29, 0.717) is 56.9 Å². The molecule has 0 spiro atoms. The van der Waals surface area contributed by atoms with Gasteiger partial charge in [-0.1, -0.05) is 71.1 Å². The van der Waals surface area contributed by atoms with Crippen molar-refractivity contribution >= 4 is 35.4 Å². The van der Waals surface area contributed by atoms with Crippen LogP contribution < -0.4 is 0 Å². The number of Topliss-reactive ketones (excluding diaryl/α,β-unsaturated/α-hetero) is 3. The first-order valence-electron chi connectivity index (χ1n) is 27.6. The highest BCUT2D eigenvalue weighted by Crippen LogP contribution is 2.39. The van der Waals surface area contributed by atoms with Crippen LogP contribution in [0.5, 0.6) is 0 Å². The van der Waals surface area contributed by atoms with E-state index in [1.165, 1.54) is 14.2 Å². The number of allylic oxidation sites excluding steroid dienone is 6. The summed E-state index contributed by atoms with van der Waals surface area (Å²) >= 11 is 0. The van der Waals surface area contributed by atoms with E-state index in [4.69, 9.17) is 37.9 Å². The highest BCUT2D eigenvalue weighted by atomic mass is 16.9. The Morgan fingerprint density at radius 2 is 1.55 bits per heavy atom. The molecule has 78 heavy (non-hydrogen) atoms. The molecule has 5 rings (SSSR count). The van der Waals surface area contributed by atoms with Crippen molar-refractivity contribution in [3.05, 3.63) is 47.6 Å². The quantitative estimate of drug-likeness (QED) is 0.0863. The molecule has 1 aliphatic carbocycles. The SMILES string of the molecule is CO[C@H]1C[C@@H]2CC[C@@H](C)[C@@](O)(O2)C(=O)C(=O)N2CCCC[C@H]2C(=O)O[C@H]([C@H](C)C[C@H]2CC[C@@H](OC(=O)O[C@@]3(O)OC[C@H](O)[C@H](O)C3O)[C@H](OC)C2)CC(=O)[C@H](C)/C=C(\C)[C@@H](O)[C@@H](OC)C(=O)[C@H](C)C[C@H](C)/C=C/C=CC=C1C. The van der Waals surface area contributed by atoms with Crippen molar-refractivity contribution in [1.29, 1.82) is 0 Å². The molecule has 440 valence electrons. The van der Waals surface area contributed by atoms with Crippen LogP contribution in [0.25, 0.3) is 0 Å². The zero-order valence-corrected chi connectivity index (χ0v) is 47.0. The van der Waals surface area contributed by atoms with Crippen LogP contribution in [-0.2, 0) is 61.9 Å². The number of esters is 1. The predicted molar refractivity (Wildman–Crippen MR) is 279 cm³/mol. The number of hydrogen-bond acceptors (Lipinski definition) is 20. The lowest BCUT2D eigenvalue weighted by Gasteiger charge is -2.42. The van der Waals surface area contributed by atoms with Gasteiger partial charge in [0.05, 0.1) is 24.9 Å². The number of ether oxygens (including phenoxy) is 8. The van der Waals surface area contributed by atoms with E-state index in [1.54, 1.807) is 40.9 Å². The molecule has 19 atom stereocenters. The Morgan fingerprint density at radius 3 is 2.23 bits per heavy atom. The topological polar surface area (TPSA) is 301 Å². The number of cyclic esters (lactones) is 1. The van der Waals surface area contributed by atoms with Gasteiger partial charge in [-0.2, -0.15) is 0 Å². The van der Waals surface area contributed by atoms with Crippen molar-refractivity contribution in [3.63, 3.8) is 0 Å². The van der Waals surface area contributed by atoms with E-state index >= 15 is 0 Å². The molecule has 3 saturated heterocycles. The van der Waals surface area contributed by atoms with Gasteiger partial charge in [0.25, 0.3) is 11.7 Å². The molecule has 1 unspecified atom stereocenters. The molecule has 4 heterocycles. The number of amides is 1. The number of rotatable bonds is 8. The first-order chi connectivity index (χ1) is 36.8. The molecule has 0 aromatic rings. The Hall–Kier alpha value is -4.26. The third-order valence-electron chi connectivity index (χ3n) is 16.5. The third kappa shape index (κ3) is 16.2. The lowest BCUT2D eigenvalue weighted by molar-refractivity contribution is -0.415. The number of fused-ring (bicyclic) bond motifs is 3. The van der Waals surface area contributed by atoms with Gasteiger partial charge in [0.2, 0.25) is 5.79 Å². The van der Waals surface area contributed by atoms with Gasteiger partial charge < -0.3 is 73.4 Å². The van der Waals surface area contributed by atoms with Gasteiger partial charge in [0, 0.05) is 58.5 Å². The highest BCUT2D eigenvalue weighted by molar-refractivity contribution is 6.39. The number of carbonyl (C=O) groups is 6. The minimum atomic E-state index is -3.00. The van der Waals surface area contributed by atoms with Crippen molar-refractivity contribution in [3.8, 4) is 0 Å². The fraction of sp³-hybridized carbons (Fsp3) is 0.754. The monoisotopic (exact) mass is 1110 g/mol. The molecular weight excluding hydrogens is 1020 g/mol. The average Bonchev–Trinajstić information content (AvgIpc) is 3.44. The molecule has 4 fully saturated rings. The second-order valence-electron chi connectivity index (χ2n) is 22.5. The molecule has 2 bridgehead atoms. The van der Waals surface area contributed by atoms with E-state index in [9.17, 15) is 59.4 Å². The number of piperidine rings is 1. The summed E-state index contributed by atoms with van der Waals surface area (Å²) in [5.41, 5.74) is 1.16. The number of ketones is 3. The van der Waals surface area contributed by atoms with Gasteiger partial charge >= 0.3 is 18.1 Å². The summed E-state index contributed by atoms with van der Waals surface area (Å²) in [7, 11) is 4.30. The van der Waals surface area contributed by atoms with Crippen molar-refractivity contribution in [2.75, 3.05) is 34.5 Å². The number of carbonyl (C=O) groups excluding carboxylic acids is 6. The second kappa shape index (κ2) is 28.9. The van der Waals surface area contributed by atoms with E-state index in [1.807, 2.05) is 51.2 Å². The average molecular weight is 1110 g/mol. The van der Waals surface area contributed by atoms with Gasteiger partial charge in [0.15, 0.2) is 11.9 Å². The van der Waals surface area contributed by atoms with Crippen LogP contribution in [0.3, 0.4) is 0 Å². The molecule has 21 heteroatoms. The zero-order chi connectivity index (χ0) is 57.8. The minimum Gasteiger partial charge on any atom is -0.460 e. The van der Waals surface area contributed by atoms with Gasteiger partial charge in [-0.25, -0.2) is 9.59 Å². The number of aliphatic hydroxyl groups excluding tert-OH is 4. The van der Waals surface area contributed by atoms with Crippen LogP contribution >= 0.6 is 0 Å². The normalized spacial score (nSPS) is 40.4. The molecule has 0 aromatic heterocycles. The van der Waals surface area contributed by atoms with E-state index < -0.39 is 133 Å². The van der Waals surface area contributed by atoms with Gasteiger partial charge in [-0.3, -0.25) is 19.2 Å². The molecule has 21 nitrogen and oxygen atoms in total. The van der Waals surface area contributed by atoms with Crippen LogP contribution in [0.2, 0.25) is 0 Å². The Morgan fingerprint density at radius 1 is 0.833 bits per heavy atom. The number of aliphatic hydroxyl groups is 6. The van der Waals surface area contributed by atoms with Gasteiger partial charge in [0.1, 0.15) is 48.4 Å². The summed E-state index contributed by atoms with van der Waals surface area (Å²) in [6, 6.07) is -1.25. The van der Waals surface area contributed by atoms with E-state index in [-0.39, 0.29) is 55.6 Å². The predicted octanol–water partition coefficient (Wildman–Crippen LogP) is 4.10. The largest absolute Gasteiger partial charge is 0.513 e. The molecule has 1 saturated carbocycles. The standard InChI is InChI=1S/C57H87NO20/c1-31-16-12-11-13-17-32(2)44(71-8)28-39-21-19-37(7)56(69,77-39)52(65)53(66)58-23-15-14-18-40(58)54(67)75-45(29-41(59)33(3)25-36(6)48(62)50(73-10)47(61)35(5)24-31)34(4)26-38-20-22-43(46(27-38)72-9)76-55(68)78-57(70)51(64)49(63)42(60)30-74-57/h11-13,16-17,25,31,33-35,37-40,42-46,48-51,60,62-64,69-70H,14-15,18-24,26-30H2,1-10H3/b13-11?,16-12+,32-17?,36-25+/t31-,33-,34-,35-,37-,38-,39+,40+,42+,43-,44+,45+,46-,48-,49+,50+,51?,56-,57+/m1/s1. The summed E-state index contributed by atoms with van der Waals surface area (Å²) in [5, 5.41) is 64.2. The van der Waals surface area contributed by atoms with Crippen molar-refractivity contribution < 1.29 is 97.3 Å². The lowest BCUT2D eigenvalue weighted by atomic mass is 9.78. The molecule has 6 N–H and O–H groups in total. The van der Waals surface area contributed by atoms with Crippen LogP contribution in [0.4, 0.5) is 4.79 Å². The number of nitrogens with zero attached hydrogens (tertiary/aromatic N) is 1. The lowest BCUT2D eigenvalue weighted by Crippen LogP contribution is -2.62. The van der Waals surface area contributed by atoms with Crippen molar-refractivity contribution in [2.45, 2.75) is 204 Å². The number of hydrogen-bond donors (Lipinski definition) is 6. The Balaban J connectivity index is 1.42.